The van der Waals surface area contributed by atoms with E-state index < -0.39 is 18.9 Å². The molecule has 0 spiro atoms. The Kier molecular flexibility index (Phi) is 5.37. The number of hydrogen-bond donors (Lipinski definition) is 2. The van der Waals surface area contributed by atoms with Crippen LogP contribution in [0.4, 0.5) is 4.79 Å². The van der Waals surface area contributed by atoms with Crippen LogP contribution in [-0.4, -0.2) is 24.7 Å². The minimum atomic E-state index is -0.850. The molecular weight excluding hydrogens is 236 g/mol. The average Bonchev–Trinajstić information content (AvgIpc) is 2.39. The molecule has 0 aliphatic rings. The Morgan fingerprint density at radius 2 is 2.00 bits per heavy atom. The van der Waals surface area contributed by atoms with Crippen molar-refractivity contribution in [1.29, 1.82) is 5.41 Å². The Balaban J connectivity index is 2.32. The highest BCUT2D eigenvalue weighted by Crippen LogP contribution is 1.97. The number of benzene rings is 1. The standard InChI is InChI=1S/C12H13N2O4/c1-2-10(15)17-8-18-12(16)14-11(13)9-6-4-3-5-7-9/h4-7H,2,8H2,1H3,(H2,13,14,16). The van der Waals surface area contributed by atoms with Crippen molar-refractivity contribution < 1.29 is 19.1 Å². The van der Waals surface area contributed by atoms with Crippen LogP contribution >= 0.6 is 0 Å². The first kappa shape index (κ1) is 13.7. The predicted molar refractivity (Wildman–Crippen MR) is 63.0 cm³/mol. The first-order valence-electron chi connectivity index (χ1n) is 5.28. The molecule has 6 heteroatoms. The number of nitrogens with one attached hydrogen (secondary N) is 2. The van der Waals surface area contributed by atoms with Gasteiger partial charge >= 0.3 is 12.1 Å². The van der Waals surface area contributed by atoms with Gasteiger partial charge in [0.15, 0.2) is 0 Å². The van der Waals surface area contributed by atoms with Gasteiger partial charge in [-0.2, -0.15) is 0 Å². The molecular formula is C12H13N2O4. The van der Waals surface area contributed by atoms with Gasteiger partial charge in [0, 0.05) is 12.0 Å². The van der Waals surface area contributed by atoms with E-state index in [4.69, 9.17) is 5.41 Å². The summed E-state index contributed by atoms with van der Waals surface area (Å²) in [4.78, 5) is 22.0. The van der Waals surface area contributed by atoms with Crippen LogP contribution in [0.1, 0.15) is 18.9 Å². The van der Waals surface area contributed by atoms with Crippen LogP contribution < -0.4 is 5.32 Å². The zero-order valence-electron chi connectivity index (χ0n) is 9.86. The summed E-state index contributed by atoms with van der Waals surface area (Å²) in [7, 11) is 0. The van der Waals surface area contributed by atoms with Crippen molar-refractivity contribution in [3.63, 3.8) is 0 Å². The van der Waals surface area contributed by atoms with Crippen molar-refractivity contribution in [2.24, 2.45) is 0 Å². The summed E-state index contributed by atoms with van der Waals surface area (Å²) in [6, 6.07) is 9.30. The average molecular weight is 249 g/mol. The summed E-state index contributed by atoms with van der Waals surface area (Å²) >= 11 is 0. The van der Waals surface area contributed by atoms with Crippen molar-refractivity contribution in [2.75, 3.05) is 6.79 Å². The number of hydrogen-bond acceptors (Lipinski definition) is 5. The smallest absolute Gasteiger partial charge is 0.415 e. The number of rotatable bonds is 4. The lowest BCUT2D eigenvalue weighted by Crippen LogP contribution is -2.31. The first-order chi connectivity index (χ1) is 8.63. The first-order valence-corrected chi connectivity index (χ1v) is 5.28. The van der Waals surface area contributed by atoms with Gasteiger partial charge in [0.1, 0.15) is 5.84 Å². The van der Waals surface area contributed by atoms with E-state index in [0.717, 1.165) is 0 Å². The number of carbonyl (C=O) groups excluding carboxylic acids is 2. The van der Waals surface area contributed by atoms with Crippen LogP contribution in [0.15, 0.2) is 24.3 Å². The second-order valence-electron chi connectivity index (χ2n) is 3.21. The lowest BCUT2D eigenvalue weighted by Gasteiger charge is -2.08. The van der Waals surface area contributed by atoms with Gasteiger partial charge < -0.3 is 9.47 Å². The van der Waals surface area contributed by atoms with E-state index in [1.165, 1.54) is 0 Å². The number of ether oxygens (including phenoxy) is 2. The van der Waals surface area contributed by atoms with Crippen molar-refractivity contribution in [1.82, 2.24) is 5.32 Å². The number of amides is 1. The van der Waals surface area contributed by atoms with E-state index in [2.05, 4.69) is 20.9 Å². The van der Waals surface area contributed by atoms with E-state index in [1.807, 2.05) is 0 Å². The molecule has 0 heterocycles. The summed E-state index contributed by atoms with van der Waals surface area (Å²) in [6.45, 7) is 1.17. The van der Waals surface area contributed by atoms with Gasteiger partial charge in [-0.15, -0.1) is 0 Å². The minimum Gasteiger partial charge on any atom is -0.428 e. The Hall–Kier alpha value is -2.37. The lowest BCUT2D eigenvalue weighted by atomic mass is 10.2. The van der Waals surface area contributed by atoms with Gasteiger partial charge in [0.2, 0.25) is 6.79 Å². The third-order valence-corrected chi connectivity index (χ3v) is 1.93. The maximum atomic E-state index is 11.2. The number of esters is 1. The highest BCUT2D eigenvalue weighted by molar-refractivity contribution is 6.04. The SMILES string of the molecule is CCC(=O)OCOC(=O)NC(=N)c1cc[c]cc1. The number of alkyl carbamates (subject to hydrolysis) is 1. The highest BCUT2D eigenvalue weighted by Gasteiger charge is 2.08. The van der Waals surface area contributed by atoms with E-state index >= 15 is 0 Å². The summed E-state index contributed by atoms with van der Waals surface area (Å²) in [5.41, 5.74) is 0.524. The Labute approximate surface area is 104 Å². The molecule has 1 aromatic carbocycles. The van der Waals surface area contributed by atoms with E-state index in [-0.39, 0.29) is 12.3 Å². The topological polar surface area (TPSA) is 88.5 Å². The van der Waals surface area contributed by atoms with Crippen molar-refractivity contribution in [2.45, 2.75) is 13.3 Å². The molecule has 0 aromatic heterocycles. The van der Waals surface area contributed by atoms with Gasteiger partial charge in [0.25, 0.3) is 0 Å². The molecule has 95 valence electrons. The lowest BCUT2D eigenvalue weighted by molar-refractivity contribution is -0.151. The van der Waals surface area contributed by atoms with Crippen molar-refractivity contribution in [3.05, 3.63) is 35.9 Å². The van der Waals surface area contributed by atoms with Crippen LogP contribution in [0.3, 0.4) is 0 Å². The summed E-state index contributed by atoms with van der Waals surface area (Å²) < 4.78 is 9.12. The molecule has 0 bridgehead atoms. The Morgan fingerprint density at radius 3 is 2.61 bits per heavy atom. The monoisotopic (exact) mass is 249 g/mol. The molecule has 1 radical (unpaired) electrons. The van der Waals surface area contributed by atoms with Crippen LogP contribution in [-0.2, 0) is 14.3 Å². The molecule has 0 unspecified atom stereocenters. The molecule has 0 saturated carbocycles. The quantitative estimate of drug-likeness (QED) is 0.366. The summed E-state index contributed by atoms with van der Waals surface area (Å²) in [5.74, 6) is -0.563. The van der Waals surface area contributed by atoms with E-state index in [1.54, 1.807) is 31.2 Å². The molecule has 2 N–H and O–H groups in total. The maximum Gasteiger partial charge on any atom is 0.415 e. The van der Waals surface area contributed by atoms with Gasteiger partial charge in [-0.05, 0) is 6.07 Å². The number of amidine groups is 1. The van der Waals surface area contributed by atoms with E-state index in [9.17, 15) is 9.59 Å². The molecule has 0 aliphatic heterocycles. The van der Waals surface area contributed by atoms with Gasteiger partial charge in [0.05, 0.1) is 0 Å². The summed E-state index contributed by atoms with van der Waals surface area (Å²) in [6.07, 6.45) is -0.641. The third-order valence-electron chi connectivity index (χ3n) is 1.93. The fourth-order valence-electron chi connectivity index (χ4n) is 1.01. The van der Waals surface area contributed by atoms with Crippen LogP contribution in [0, 0.1) is 11.5 Å². The zero-order chi connectivity index (χ0) is 13.4. The van der Waals surface area contributed by atoms with Crippen molar-refractivity contribution in [3.8, 4) is 0 Å². The molecule has 0 fully saturated rings. The second kappa shape index (κ2) is 7.05. The van der Waals surface area contributed by atoms with Crippen LogP contribution in [0.25, 0.3) is 0 Å². The molecule has 0 atom stereocenters. The molecule has 0 saturated heterocycles. The van der Waals surface area contributed by atoms with Crippen LogP contribution in [0.5, 0.6) is 0 Å². The molecule has 18 heavy (non-hydrogen) atoms. The Bertz CT molecular complexity index is 431. The molecule has 1 amide bonds. The second-order valence-corrected chi connectivity index (χ2v) is 3.21. The molecule has 1 rings (SSSR count). The number of carbonyl (C=O) groups is 2. The highest BCUT2D eigenvalue weighted by atomic mass is 16.7. The fraction of sp³-hybridized carbons (Fsp3) is 0.250. The van der Waals surface area contributed by atoms with Crippen molar-refractivity contribution >= 4 is 17.9 Å². The fourth-order valence-corrected chi connectivity index (χ4v) is 1.01. The molecule has 6 nitrogen and oxygen atoms in total. The van der Waals surface area contributed by atoms with Gasteiger partial charge in [-0.25, -0.2) is 4.79 Å². The molecule has 0 aliphatic carbocycles. The maximum absolute atomic E-state index is 11.2. The third kappa shape index (κ3) is 4.65. The summed E-state index contributed by atoms with van der Waals surface area (Å²) in [5, 5.41) is 9.79. The van der Waals surface area contributed by atoms with Crippen LogP contribution in [0.2, 0.25) is 0 Å². The largest absolute Gasteiger partial charge is 0.428 e. The zero-order valence-corrected chi connectivity index (χ0v) is 9.86. The predicted octanol–water partition coefficient (Wildman–Crippen LogP) is 1.45. The van der Waals surface area contributed by atoms with E-state index in [0.29, 0.717) is 5.56 Å². The Morgan fingerprint density at radius 1 is 1.33 bits per heavy atom. The van der Waals surface area contributed by atoms with Gasteiger partial charge in [-0.3, -0.25) is 15.5 Å². The minimum absolute atomic E-state index is 0.101. The normalized spacial score (nSPS) is 9.39. The molecule has 1 aromatic rings. The van der Waals surface area contributed by atoms with Gasteiger partial charge in [-0.1, -0.05) is 31.2 Å².